The molecule has 0 radical (unpaired) electrons. The second kappa shape index (κ2) is 10.8. The largest absolute Gasteiger partial charge is 0.350 e. The van der Waals surface area contributed by atoms with Gasteiger partial charge in [-0.2, -0.15) is 0 Å². The van der Waals surface area contributed by atoms with Gasteiger partial charge in [0.05, 0.1) is 0 Å². The first kappa shape index (κ1) is 24.1. The third-order valence-corrected chi connectivity index (χ3v) is 5.52. The first-order valence-corrected chi connectivity index (χ1v) is 11.3. The summed E-state index contributed by atoms with van der Waals surface area (Å²) in [7, 11) is 0. The minimum Gasteiger partial charge on any atom is -0.350 e. The lowest BCUT2D eigenvalue weighted by Crippen LogP contribution is -2.52. The van der Waals surface area contributed by atoms with Gasteiger partial charge in [0.2, 0.25) is 11.8 Å². The molecule has 0 spiro atoms. The van der Waals surface area contributed by atoms with Crippen molar-refractivity contribution >= 4 is 27.7 Å². The van der Waals surface area contributed by atoms with E-state index >= 15 is 0 Å². The van der Waals surface area contributed by atoms with E-state index in [0.717, 1.165) is 22.0 Å². The maximum Gasteiger partial charge on any atom is 0.242 e. The molecular formula is C25H33BrN2O2. The Morgan fingerprint density at radius 2 is 1.50 bits per heavy atom. The fraction of sp³-hybridized carbons (Fsp3) is 0.440. The summed E-state index contributed by atoms with van der Waals surface area (Å²) in [6, 6.07) is 15.7. The van der Waals surface area contributed by atoms with E-state index in [1.54, 1.807) is 11.8 Å². The molecule has 0 bridgehead atoms. The maximum atomic E-state index is 13.2. The van der Waals surface area contributed by atoms with Crippen molar-refractivity contribution in [3.8, 4) is 0 Å². The number of halogens is 1. The Balaban J connectivity index is 2.14. The molecule has 2 rings (SSSR count). The van der Waals surface area contributed by atoms with E-state index in [1.807, 2.05) is 45.0 Å². The topological polar surface area (TPSA) is 49.4 Å². The van der Waals surface area contributed by atoms with Crippen LogP contribution in [-0.2, 0) is 29.0 Å². The molecule has 0 fully saturated rings. The van der Waals surface area contributed by atoms with E-state index in [0.29, 0.717) is 19.4 Å². The molecule has 2 aromatic carbocycles. The number of carbonyl (C=O) groups excluding carboxylic acids is 2. The molecule has 0 heterocycles. The molecule has 4 nitrogen and oxygen atoms in total. The summed E-state index contributed by atoms with van der Waals surface area (Å²) in [5, 5.41) is 3.00. The molecule has 0 aliphatic rings. The summed E-state index contributed by atoms with van der Waals surface area (Å²) in [4.78, 5) is 27.6. The number of hydrogen-bond donors (Lipinski definition) is 1. The summed E-state index contributed by atoms with van der Waals surface area (Å²) in [5.74, 6) is -0.158. The van der Waals surface area contributed by atoms with Crippen LogP contribution in [0.4, 0.5) is 0 Å². The number of carbonyl (C=O) groups is 2. The Morgan fingerprint density at radius 3 is 2.03 bits per heavy atom. The number of benzene rings is 2. The van der Waals surface area contributed by atoms with Gasteiger partial charge in [-0.3, -0.25) is 9.59 Å². The van der Waals surface area contributed by atoms with Crippen molar-refractivity contribution in [3.05, 3.63) is 69.7 Å². The number of aryl methyl sites for hydroxylation is 2. The van der Waals surface area contributed by atoms with Gasteiger partial charge in [-0.15, -0.1) is 0 Å². The molecule has 0 aliphatic carbocycles. The Morgan fingerprint density at radius 1 is 0.967 bits per heavy atom. The highest BCUT2D eigenvalue weighted by Crippen LogP contribution is 2.17. The second-order valence-corrected chi connectivity index (χ2v) is 9.65. The van der Waals surface area contributed by atoms with E-state index < -0.39 is 6.04 Å². The van der Waals surface area contributed by atoms with Crippen molar-refractivity contribution < 1.29 is 9.59 Å². The number of nitrogens with one attached hydrogen (secondary N) is 1. The summed E-state index contributed by atoms with van der Waals surface area (Å²) in [6.07, 6.45) is 2.03. The minimum atomic E-state index is -0.553. The standard InChI is InChI=1S/C25H33BrN2O2/c1-6-19-7-9-20(10-8-19)13-16-23(29)28(17-21-11-14-22(26)15-12-21)18(2)24(30)27-25(3,4)5/h7-12,14-15,18H,6,13,16-17H2,1-5H3,(H,27,30). The van der Waals surface area contributed by atoms with Gasteiger partial charge in [-0.1, -0.05) is 59.3 Å². The summed E-state index contributed by atoms with van der Waals surface area (Å²) in [6.45, 7) is 10.2. The molecule has 1 atom stereocenters. The van der Waals surface area contributed by atoms with Crippen LogP contribution in [0.5, 0.6) is 0 Å². The van der Waals surface area contributed by atoms with Crippen LogP contribution in [0.3, 0.4) is 0 Å². The quantitative estimate of drug-likeness (QED) is 0.568. The van der Waals surface area contributed by atoms with Crippen LogP contribution in [0.25, 0.3) is 0 Å². The van der Waals surface area contributed by atoms with Gasteiger partial charge in [0, 0.05) is 23.0 Å². The first-order chi connectivity index (χ1) is 14.1. The molecule has 30 heavy (non-hydrogen) atoms. The van der Waals surface area contributed by atoms with Gasteiger partial charge < -0.3 is 10.2 Å². The van der Waals surface area contributed by atoms with E-state index in [4.69, 9.17) is 0 Å². The molecule has 162 valence electrons. The van der Waals surface area contributed by atoms with Crippen molar-refractivity contribution in [2.45, 2.75) is 72.0 Å². The Bertz CT molecular complexity index is 839. The van der Waals surface area contributed by atoms with Crippen LogP contribution < -0.4 is 5.32 Å². The van der Waals surface area contributed by atoms with Crippen LogP contribution in [0.2, 0.25) is 0 Å². The normalized spacial score (nSPS) is 12.3. The Hall–Kier alpha value is -2.14. The van der Waals surface area contributed by atoms with Crippen LogP contribution in [-0.4, -0.2) is 28.3 Å². The summed E-state index contributed by atoms with van der Waals surface area (Å²) in [5.41, 5.74) is 3.07. The van der Waals surface area contributed by atoms with E-state index in [1.165, 1.54) is 5.56 Å². The lowest BCUT2D eigenvalue weighted by molar-refractivity contribution is -0.141. The molecule has 1 unspecified atom stereocenters. The highest BCUT2D eigenvalue weighted by molar-refractivity contribution is 9.10. The molecule has 0 aliphatic heterocycles. The number of nitrogens with zero attached hydrogens (tertiary/aromatic N) is 1. The zero-order valence-corrected chi connectivity index (χ0v) is 20.3. The first-order valence-electron chi connectivity index (χ1n) is 10.5. The van der Waals surface area contributed by atoms with Crippen molar-refractivity contribution in [2.75, 3.05) is 0 Å². The molecule has 1 N–H and O–H groups in total. The van der Waals surface area contributed by atoms with Gasteiger partial charge in [0.1, 0.15) is 6.04 Å². The third-order valence-electron chi connectivity index (χ3n) is 4.99. The van der Waals surface area contributed by atoms with Gasteiger partial charge >= 0.3 is 0 Å². The molecule has 2 amide bonds. The monoisotopic (exact) mass is 472 g/mol. The van der Waals surface area contributed by atoms with Crippen LogP contribution >= 0.6 is 15.9 Å². The predicted octanol–water partition coefficient (Wildman–Crippen LogP) is 5.28. The lowest BCUT2D eigenvalue weighted by Gasteiger charge is -2.31. The zero-order chi connectivity index (χ0) is 22.3. The Labute approximate surface area is 189 Å². The average molecular weight is 473 g/mol. The van der Waals surface area contributed by atoms with E-state index in [-0.39, 0.29) is 17.4 Å². The van der Waals surface area contributed by atoms with E-state index in [9.17, 15) is 9.59 Å². The smallest absolute Gasteiger partial charge is 0.242 e. The van der Waals surface area contributed by atoms with Gasteiger partial charge in [0.15, 0.2) is 0 Å². The number of rotatable bonds is 8. The summed E-state index contributed by atoms with van der Waals surface area (Å²) < 4.78 is 0.984. The van der Waals surface area contributed by atoms with Crippen molar-refractivity contribution in [1.29, 1.82) is 0 Å². The molecule has 2 aromatic rings. The molecular weight excluding hydrogens is 440 g/mol. The van der Waals surface area contributed by atoms with Crippen LogP contribution in [0, 0.1) is 0 Å². The fourth-order valence-electron chi connectivity index (χ4n) is 3.18. The molecule has 0 saturated heterocycles. The van der Waals surface area contributed by atoms with Gasteiger partial charge in [-0.25, -0.2) is 0 Å². The van der Waals surface area contributed by atoms with E-state index in [2.05, 4.69) is 52.4 Å². The SMILES string of the molecule is CCc1ccc(CCC(=O)N(Cc2ccc(Br)cc2)C(C)C(=O)NC(C)(C)C)cc1. The number of amides is 2. The molecule has 5 heteroatoms. The van der Waals surface area contributed by atoms with Crippen molar-refractivity contribution in [1.82, 2.24) is 10.2 Å². The Kier molecular flexibility index (Phi) is 8.65. The summed E-state index contributed by atoms with van der Waals surface area (Å²) >= 11 is 3.44. The minimum absolute atomic E-state index is 0.0194. The third kappa shape index (κ3) is 7.60. The van der Waals surface area contributed by atoms with Gasteiger partial charge in [-0.05, 0) is 69.4 Å². The molecule has 0 saturated carbocycles. The lowest BCUT2D eigenvalue weighted by atomic mass is 10.0. The van der Waals surface area contributed by atoms with Gasteiger partial charge in [0.25, 0.3) is 0 Å². The highest BCUT2D eigenvalue weighted by Gasteiger charge is 2.28. The average Bonchev–Trinajstić information content (AvgIpc) is 2.70. The zero-order valence-electron chi connectivity index (χ0n) is 18.7. The fourth-order valence-corrected chi connectivity index (χ4v) is 3.44. The maximum absolute atomic E-state index is 13.2. The van der Waals surface area contributed by atoms with Crippen LogP contribution in [0.1, 0.15) is 57.7 Å². The van der Waals surface area contributed by atoms with Crippen LogP contribution in [0.15, 0.2) is 53.0 Å². The van der Waals surface area contributed by atoms with Crippen molar-refractivity contribution in [3.63, 3.8) is 0 Å². The van der Waals surface area contributed by atoms with Crippen molar-refractivity contribution in [2.24, 2.45) is 0 Å². The number of hydrogen-bond acceptors (Lipinski definition) is 2. The second-order valence-electron chi connectivity index (χ2n) is 8.73. The predicted molar refractivity (Wildman–Crippen MR) is 126 cm³/mol. The molecule has 0 aromatic heterocycles. The highest BCUT2D eigenvalue weighted by atomic mass is 79.9.